The molecule has 2 aromatic carbocycles. The van der Waals surface area contributed by atoms with E-state index in [-0.39, 0.29) is 6.03 Å². The van der Waals surface area contributed by atoms with Gasteiger partial charge in [-0.2, -0.15) is 0 Å². The minimum atomic E-state index is 0.0253. The van der Waals surface area contributed by atoms with Gasteiger partial charge in [-0.05, 0) is 62.9 Å². The quantitative estimate of drug-likeness (QED) is 0.877. The molecule has 0 spiro atoms. The number of carbonyl (C=O) groups is 1. The predicted octanol–water partition coefficient (Wildman–Crippen LogP) is 4.40. The molecule has 2 aliphatic heterocycles. The molecule has 2 aromatic rings. The fourth-order valence-electron chi connectivity index (χ4n) is 4.32. The van der Waals surface area contributed by atoms with Crippen molar-refractivity contribution in [2.45, 2.75) is 38.6 Å². The summed E-state index contributed by atoms with van der Waals surface area (Å²) in [5, 5.41) is 3.06. The first-order valence-corrected chi connectivity index (χ1v) is 10.0. The zero-order valence-corrected chi connectivity index (χ0v) is 16.3. The van der Waals surface area contributed by atoms with Crippen LogP contribution in [0, 0.1) is 13.8 Å². The molecule has 0 aliphatic carbocycles. The molecule has 0 unspecified atom stereocenters. The van der Waals surface area contributed by atoms with Gasteiger partial charge in [0.05, 0.1) is 0 Å². The van der Waals surface area contributed by atoms with Crippen molar-refractivity contribution in [3.05, 3.63) is 65.2 Å². The molecule has 2 amide bonds. The summed E-state index contributed by atoms with van der Waals surface area (Å²) in [5.41, 5.74) is 4.72. The highest BCUT2D eigenvalue weighted by molar-refractivity contribution is 5.90. The van der Waals surface area contributed by atoms with E-state index in [1.807, 2.05) is 24.0 Å². The molecule has 0 bridgehead atoms. The Bertz CT molecular complexity index is 791. The van der Waals surface area contributed by atoms with Crippen LogP contribution in [0.15, 0.2) is 48.5 Å². The van der Waals surface area contributed by atoms with Gasteiger partial charge in [0, 0.05) is 24.8 Å². The van der Waals surface area contributed by atoms with E-state index in [9.17, 15) is 4.79 Å². The van der Waals surface area contributed by atoms with Gasteiger partial charge in [-0.3, -0.25) is 4.90 Å². The Morgan fingerprint density at radius 3 is 2.37 bits per heavy atom. The summed E-state index contributed by atoms with van der Waals surface area (Å²) in [6.45, 7) is 8.06. The Kier molecular flexibility index (Phi) is 5.17. The second-order valence-electron chi connectivity index (χ2n) is 8.03. The van der Waals surface area contributed by atoms with Crippen molar-refractivity contribution >= 4 is 11.7 Å². The van der Waals surface area contributed by atoms with Gasteiger partial charge in [-0.25, -0.2) is 4.79 Å². The van der Waals surface area contributed by atoms with Gasteiger partial charge in [0.1, 0.15) is 0 Å². The molecule has 2 heterocycles. The Morgan fingerprint density at radius 2 is 1.70 bits per heavy atom. The number of urea groups is 1. The van der Waals surface area contributed by atoms with E-state index in [1.165, 1.54) is 24.0 Å². The number of nitrogens with zero attached hydrogens (tertiary/aromatic N) is 2. The van der Waals surface area contributed by atoms with Crippen LogP contribution in [0.2, 0.25) is 0 Å². The lowest BCUT2D eigenvalue weighted by atomic mass is 9.88. The summed E-state index contributed by atoms with van der Waals surface area (Å²) in [6, 6.07) is 17.6. The first-order chi connectivity index (χ1) is 13.1. The maximum Gasteiger partial charge on any atom is 0.321 e. The maximum absolute atomic E-state index is 12.5. The molecule has 2 saturated heterocycles. The van der Waals surface area contributed by atoms with Crippen molar-refractivity contribution in [2.75, 3.05) is 31.5 Å². The van der Waals surface area contributed by atoms with Crippen LogP contribution < -0.4 is 5.32 Å². The Hall–Kier alpha value is -2.33. The molecule has 142 valence electrons. The van der Waals surface area contributed by atoms with Gasteiger partial charge in [0.2, 0.25) is 0 Å². The highest BCUT2D eigenvalue weighted by Gasteiger charge is 2.36. The molecule has 2 aliphatic rings. The summed E-state index contributed by atoms with van der Waals surface area (Å²) >= 11 is 0. The van der Waals surface area contributed by atoms with Gasteiger partial charge in [-0.15, -0.1) is 0 Å². The zero-order chi connectivity index (χ0) is 18.8. The number of likely N-dealkylation sites (tertiary alicyclic amines) is 2. The molecule has 4 rings (SSSR count). The lowest BCUT2D eigenvalue weighted by Crippen LogP contribution is -2.62. The molecule has 27 heavy (non-hydrogen) atoms. The van der Waals surface area contributed by atoms with Gasteiger partial charge in [-0.1, -0.05) is 48.0 Å². The number of piperidine rings is 1. The predicted molar refractivity (Wildman–Crippen MR) is 110 cm³/mol. The van der Waals surface area contributed by atoms with E-state index in [4.69, 9.17) is 0 Å². The lowest BCUT2D eigenvalue weighted by Gasteiger charge is -2.47. The number of amides is 2. The fourth-order valence-corrected chi connectivity index (χ4v) is 4.32. The highest BCUT2D eigenvalue weighted by Crippen LogP contribution is 2.30. The zero-order valence-electron chi connectivity index (χ0n) is 16.3. The molecule has 1 N–H and O–H groups in total. The first kappa shape index (κ1) is 18.1. The monoisotopic (exact) mass is 363 g/mol. The van der Waals surface area contributed by atoms with Gasteiger partial charge >= 0.3 is 6.03 Å². The van der Waals surface area contributed by atoms with Crippen LogP contribution in [-0.2, 0) is 0 Å². The first-order valence-electron chi connectivity index (χ1n) is 10.0. The number of carbonyl (C=O) groups excluding carboxylic acids is 1. The molecule has 0 aromatic heterocycles. The van der Waals surface area contributed by atoms with Crippen LogP contribution in [-0.4, -0.2) is 48.1 Å². The molecule has 0 saturated carbocycles. The van der Waals surface area contributed by atoms with Crippen LogP contribution >= 0.6 is 0 Å². The average Bonchev–Trinajstić information content (AvgIpc) is 2.64. The van der Waals surface area contributed by atoms with Crippen molar-refractivity contribution in [1.29, 1.82) is 0 Å². The van der Waals surface area contributed by atoms with Crippen LogP contribution in [0.5, 0.6) is 0 Å². The van der Waals surface area contributed by atoms with Crippen LogP contribution in [0.4, 0.5) is 10.5 Å². The van der Waals surface area contributed by atoms with Crippen LogP contribution in [0.1, 0.15) is 35.4 Å². The van der Waals surface area contributed by atoms with E-state index in [1.54, 1.807) is 0 Å². The second-order valence-corrected chi connectivity index (χ2v) is 8.03. The fraction of sp³-hybridized carbons (Fsp3) is 0.435. The molecular weight excluding hydrogens is 334 g/mol. The van der Waals surface area contributed by atoms with E-state index >= 15 is 0 Å². The van der Waals surface area contributed by atoms with Crippen molar-refractivity contribution in [3.8, 4) is 0 Å². The molecule has 0 radical (unpaired) electrons. The topological polar surface area (TPSA) is 35.6 Å². The minimum absolute atomic E-state index is 0.0253. The Morgan fingerprint density at radius 1 is 1.00 bits per heavy atom. The number of nitrogens with one attached hydrogen (secondary N) is 1. The smallest absolute Gasteiger partial charge is 0.321 e. The summed E-state index contributed by atoms with van der Waals surface area (Å²) < 4.78 is 0. The summed E-state index contributed by atoms with van der Waals surface area (Å²) in [5.74, 6) is 0.687. The molecule has 0 atom stereocenters. The summed E-state index contributed by atoms with van der Waals surface area (Å²) in [7, 11) is 0. The van der Waals surface area contributed by atoms with Crippen molar-refractivity contribution in [2.24, 2.45) is 0 Å². The Balaban J connectivity index is 1.24. The number of anilines is 1. The Labute approximate surface area is 162 Å². The number of benzene rings is 2. The van der Waals surface area contributed by atoms with Gasteiger partial charge in [0.15, 0.2) is 0 Å². The third kappa shape index (κ3) is 4.01. The normalized spacial score (nSPS) is 19.0. The minimum Gasteiger partial charge on any atom is -0.321 e. The molecule has 2 fully saturated rings. The number of rotatable bonds is 3. The molecular formula is C23H29N3O. The average molecular weight is 364 g/mol. The maximum atomic E-state index is 12.5. The third-order valence-corrected chi connectivity index (χ3v) is 6.09. The van der Waals surface area contributed by atoms with E-state index in [2.05, 4.69) is 53.5 Å². The SMILES string of the molecule is Cc1ccc(NC(=O)N2CC(N3CCC(c4ccccc4)CC3)C2)c(C)c1. The third-order valence-electron chi connectivity index (χ3n) is 6.09. The largest absolute Gasteiger partial charge is 0.321 e. The number of aryl methyl sites for hydroxylation is 2. The van der Waals surface area contributed by atoms with Crippen LogP contribution in [0.3, 0.4) is 0 Å². The van der Waals surface area contributed by atoms with Crippen molar-refractivity contribution in [1.82, 2.24) is 9.80 Å². The van der Waals surface area contributed by atoms with Gasteiger partial charge in [0.25, 0.3) is 0 Å². The van der Waals surface area contributed by atoms with E-state index in [0.717, 1.165) is 37.4 Å². The lowest BCUT2D eigenvalue weighted by molar-refractivity contribution is 0.0453. The number of hydrogen-bond acceptors (Lipinski definition) is 2. The number of hydrogen-bond donors (Lipinski definition) is 1. The van der Waals surface area contributed by atoms with E-state index in [0.29, 0.717) is 12.0 Å². The molecule has 4 nitrogen and oxygen atoms in total. The van der Waals surface area contributed by atoms with Crippen LogP contribution in [0.25, 0.3) is 0 Å². The van der Waals surface area contributed by atoms with Gasteiger partial charge < -0.3 is 10.2 Å². The standard InChI is InChI=1S/C23H29N3O/c1-17-8-9-22(18(2)14-17)24-23(27)26-15-21(16-26)25-12-10-20(11-13-25)19-6-4-3-5-7-19/h3-9,14,20-21H,10-13,15-16H2,1-2H3,(H,24,27). The summed E-state index contributed by atoms with van der Waals surface area (Å²) in [6.07, 6.45) is 2.44. The van der Waals surface area contributed by atoms with E-state index < -0.39 is 0 Å². The highest BCUT2D eigenvalue weighted by atomic mass is 16.2. The summed E-state index contributed by atoms with van der Waals surface area (Å²) in [4.78, 5) is 17.0. The van der Waals surface area contributed by atoms with Crippen molar-refractivity contribution in [3.63, 3.8) is 0 Å². The molecule has 4 heteroatoms. The van der Waals surface area contributed by atoms with Crippen molar-refractivity contribution < 1.29 is 4.79 Å². The second kappa shape index (κ2) is 7.73.